The number of imide groups is 2. The maximum Gasteiger partial charge on any atom is 0.335 e. The van der Waals surface area contributed by atoms with E-state index in [0.29, 0.717) is 33.8 Å². The summed E-state index contributed by atoms with van der Waals surface area (Å²) in [6.07, 6.45) is 1.32. The molecule has 0 bridgehead atoms. The van der Waals surface area contributed by atoms with Gasteiger partial charge >= 0.3 is 6.03 Å². The van der Waals surface area contributed by atoms with E-state index in [-0.39, 0.29) is 23.6 Å². The van der Waals surface area contributed by atoms with Crippen LogP contribution in [0.3, 0.4) is 0 Å². The molecule has 4 aromatic rings. The highest BCUT2D eigenvalue weighted by Gasteiger charge is 2.37. The third-order valence-electron chi connectivity index (χ3n) is 6.45. The molecule has 5 amide bonds. The zero-order valence-corrected chi connectivity index (χ0v) is 25.0. The third kappa shape index (κ3) is 7.31. The number of anilines is 2. The van der Waals surface area contributed by atoms with Crippen LogP contribution in [0.15, 0.2) is 107 Å². The van der Waals surface area contributed by atoms with Gasteiger partial charge in [0.15, 0.2) is 6.61 Å². The van der Waals surface area contributed by atoms with Crippen molar-refractivity contribution in [3.8, 4) is 17.2 Å². The van der Waals surface area contributed by atoms with Crippen LogP contribution < -0.4 is 29.7 Å². The van der Waals surface area contributed by atoms with Gasteiger partial charge < -0.3 is 19.5 Å². The van der Waals surface area contributed by atoms with E-state index in [0.717, 1.165) is 10.5 Å². The number of nitrogens with zero attached hydrogens (tertiary/aromatic N) is 1. The van der Waals surface area contributed by atoms with Gasteiger partial charge in [0, 0.05) is 15.7 Å². The molecule has 4 aromatic carbocycles. The topological polar surface area (TPSA) is 123 Å². The summed E-state index contributed by atoms with van der Waals surface area (Å²) >= 11 is 3.38. The first-order valence-electron chi connectivity index (χ1n) is 13.4. The minimum atomic E-state index is -0.879. The van der Waals surface area contributed by atoms with Gasteiger partial charge in [-0.25, -0.2) is 9.69 Å². The lowest BCUT2D eigenvalue weighted by Gasteiger charge is -2.26. The number of methoxy groups -OCH3 is 1. The van der Waals surface area contributed by atoms with Crippen molar-refractivity contribution in [2.24, 2.45) is 0 Å². The number of ether oxygens (including phenoxy) is 3. The van der Waals surface area contributed by atoms with Crippen LogP contribution >= 0.6 is 15.9 Å². The lowest BCUT2D eigenvalue weighted by atomic mass is 10.1. The van der Waals surface area contributed by atoms with Crippen LogP contribution in [0, 0.1) is 0 Å². The van der Waals surface area contributed by atoms with Gasteiger partial charge in [0.2, 0.25) is 0 Å². The fourth-order valence-corrected chi connectivity index (χ4v) is 4.64. The normalized spacial score (nSPS) is 13.8. The Morgan fingerprint density at radius 2 is 1.59 bits per heavy atom. The highest BCUT2D eigenvalue weighted by Crippen LogP contribution is 2.29. The van der Waals surface area contributed by atoms with Crippen molar-refractivity contribution in [3.05, 3.63) is 118 Å². The molecule has 0 radical (unpaired) electrons. The Labute approximate surface area is 261 Å². The van der Waals surface area contributed by atoms with Crippen molar-refractivity contribution in [3.63, 3.8) is 0 Å². The molecule has 5 rings (SSSR count). The van der Waals surface area contributed by atoms with Gasteiger partial charge in [-0.05, 0) is 78.4 Å². The molecule has 1 saturated heterocycles. The quantitative estimate of drug-likeness (QED) is 0.165. The number of amides is 5. The second-order valence-electron chi connectivity index (χ2n) is 9.47. The van der Waals surface area contributed by atoms with E-state index < -0.39 is 23.8 Å². The monoisotopic (exact) mass is 655 g/mol. The summed E-state index contributed by atoms with van der Waals surface area (Å²) in [5, 5.41) is 4.93. The zero-order chi connectivity index (χ0) is 31.1. The predicted molar refractivity (Wildman–Crippen MR) is 167 cm³/mol. The largest absolute Gasteiger partial charge is 0.497 e. The first-order chi connectivity index (χ1) is 21.3. The smallest absolute Gasteiger partial charge is 0.335 e. The van der Waals surface area contributed by atoms with Gasteiger partial charge in [-0.2, -0.15) is 0 Å². The lowest BCUT2D eigenvalue weighted by Crippen LogP contribution is -2.54. The fraction of sp³-hybridized carbons (Fsp3) is 0.0909. The Kier molecular flexibility index (Phi) is 9.36. The molecule has 10 nitrogen and oxygen atoms in total. The Morgan fingerprint density at radius 3 is 2.30 bits per heavy atom. The van der Waals surface area contributed by atoms with Crippen molar-refractivity contribution in [2.75, 3.05) is 23.9 Å². The van der Waals surface area contributed by atoms with Crippen LogP contribution in [0.1, 0.15) is 11.1 Å². The highest BCUT2D eigenvalue weighted by molar-refractivity contribution is 9.10. The Bertz CT molecular complexity index is 1720. The fourth-order valence-electron chi connectivity index (χ4n) is 4.26. The van der Waals surface area contributed by atoms with Crippen molar-refractivity contribution in [2.45, 2.75) is 6.61 Å². The minimum absolute atomic E-state index is 0.245. The van der Waals surface area contributed by atoms with E-state index in [4.69, 9.17) is 14.2 Å². The zero-order valence-electron chi connectivity index (χ0n) is 23.4. The maximum absolute atomic E-state index is 13.5. The van der Waals surface area contributed by atoms with Crippen LogP contribution in [0.5, 0.6) is 17.2 Å². The van der Waals surface area contributed by atoms with Gasteiger partial charge in [0.05, 0.1) is 12.8 Å². The summed E-state index contributed by atoms with van der Waals surface area (Å²) in [6.45, 7) is 0.0121. The van der Waals surface area contributed by atoms with Crippen molar-refractivity contribution >= 4 is 57.1 Å². The molecule has 1 heterocycles. The molecule has 1 fully saturated rings. The average molecular weight is 656 g/mol. The maximum atomic E-state index is 13.5. The molecule has 0 aromatic heterocycles. The summed E-state index contributed by atoms with van der Waals surface area (Å²) < 4.78 is 17.3. The Balaban J connectivity index is 1.30. The van der Waals surface area contributed by atoms with Gasteiger partial charge in [0.25, 0.3) is 17.7 Å². The van der Waals surface area contributed by atoms with E-state index >= 15 is 0 Å². The van der Waals surface area contributed by atoms with E-state index in [1.54, 1.807) is 73.8 Å². The highest BCUT2D eigenvalue weighted by atomic mass is 79.9. The van der Waals surface area contributed by atoms with E-state index in [2.05, 4.69) is 26.6 Å². The standard InChI is InChI=1S/C33H26BrN3O7/c1-42-26-12-8-24(9-13-26)35-30(38)20-44-29-16-7-23(34)17-22(29)18-28-31(39)36-33(41)37(32(28)40)25-10-14-27(15-11-25)43-19-21-5-3-2-4-6-21/h2-18H,19-20H2,1H3,(H,35,38)(H,36,39,41)/b28-18-. The third-order valence-corrected chi connectivity index (χ3v) is 6.94. The van der Waals surface area contributed by atoms with Crippen LogP contribution in [0.25, 0.3) is 6.08 Å². The number of hydrogen-bond donors (Lipinski definition) is 2. The van der Waals surface area contributed by atoms with Crippen LogP contribution in [-0.2, 0) is 21.0 Å². The first kappa shape index (κ1) is 30.1. The molecule has 11 heteroatoms. The Morgan fingerprint density at radius 1 is 0.886 bits per heavy atom. The van der Waals surface area contributed by atoms with E-state index in [1.165, 1.54) is 6.08 Å². The summed E-state index contributed by atoms with van der Waals surface area (Å²) in [6, 6.07) is 26.9. The molecule has 2 N–H and O–H groups in total. The number of urea groups is 1. The van der Waals surface area contributed by atoms with Crippen molar-refractivity contribution < 1.29 is 33.4 Å². The number of barbiturate groups is 1. The summed E-state index contributed by atoms with van der Waals surface area (Å²) in [7, 11) is 1.55. The van der Waals surface area contributed by atoms with Crippen molar-refractivity contribution in [1.82, 2.24) is 5.32 Å². The summed E-state index contributed by atoms with van der Waals surface area (Å²) in [5.74, 6) is -0.660. The minimum Gasteiger partial charge on any atom is -0.497 e. The molecule has 222 valence electrons. The predicted octanol–water partition coefficient (Wildman–Crippen LogP) is 5.72. The van der Waals surface area contributed by atoms with Gasteiger partial charge in [-0.3, -0.25) is 19.7 Å². The van der Waals surface area contributed by atoms with Crippen LogP contribution in [0.2, 0.25) is 0 Å². The molecule has 1 aliphatic heterocycles. The molecular formula is C33H26BrN3O7. The lowest BCUT2D eigenvalue weighted by molar-refractivity contribution is -0.122. The van der Waals surface area contributed by atoms with Gasteiger partial charge in [-0.15, -0.1) is 0 Å². The number of benzene rings is 4. The number of carbonyl (C=O) groups excluding carboxylic acids is 4. The number of hydrogen-bond acceptors (Lipinski definition) is 7. The molecule has 0 atom stereocenters. The molecule has 0 unspecified atom stereocenters. The molecular weight excluding hydrogens is 630 g/mol. The van der Waals surface area contributed by atoms with Crippen molar-refractivity contribution in [1.29, 1.82) is 0 Å². The summed E-state index contributed by atoms with van der Waals surface area (Å²) in [5.41, 5.74) is 1.85. The SMILES string of the molecule is COc1ccc(NC(=O)COc2ccc(Br)cc2/C=C2/C(=O)NC(=O)N(c3ccc(OCc4ccccc4)cc3)C2=O)cc1. The number of rotatable bonds is 10. The molecule has 0 aliphatic carbocycles. The van der Waals surface area contributed by atoms with Gasteiger partial charge in [0.1, 0.15) is 29.4 Å². The number of halogens is 1. The molecule has 0 saturated carbocycles. The van der Waals surface area contributed by atoms with Gasteiger partial charge in [-0.1, -0.05) is 46.3 Å². The average Bonchev–Trinajstić information content (AvgIpc) is 3.03. The van der Waals surface area contributed by atoms with E-state index in [9.17, 15) is 19.2 Å². The second kappa shape index (κ2) is 13.7. The number of carbonyl (C=O) groups is 4. The molecule has 1 aliphatic rings. The second-order valence-corrected chi connectivity index (χ2v) is 10.4. The first-order valence-corrected chi connectivity index (χ1v) is 14.1. The number of nitrogens with one attached hydrogen (secondary N) is 2. The Hall–Kier alpha value is -5.42. The molecule has 0 spiro atoms. The van der Waals surface area contributed by atoms with Crippen LogP contribution in [0.4, 0.5) is 16.2 Å². The van der Waals surface area contributed by atoms with Crippen LogP contribution in [-0.4, -0.2) is 37.5 Å². The summed E-state index contributed by atoms with van der Waals surface area (Å²) in [4.78, 5) is 52.4. The molecule has 44 heavy (non-hydrogen) atoms. The van der Waals surface area contributed by atoms with E-state index in [1.807, 2.05) is 30.3 Å².